The summed E-state index contributed by atoms with van der Waals surface area (Å²) in [7, 11) is 0. The first kappa shape index (κ1) is 16.8. The topological polar surface area (TPSA) is 50.2 Å². The van der Waals surface area contributed by atoms with Gasteiger partial charge in [-0.1, -0.05) is 0 Å². The predicted molar refractivity (Wildman–Crippen MR) is 97.2 cm³/mol. The molecule has 0 radical (unpaired) electrons. The zero-order valence-corrected chi connectivity index (χ0v) is 15.2. The number of urea groups is 1. The Morgan fingerprint density at radius 3 is 2.58 bits per heavy atom. The second-order valence-electron chi connectivity index (χ2n) is 7.36. The van der Waals surface area contributed by atoms with Crippen molar-refractivity contribution in [3.8, 4) is 0 Å². The molecule has 1 fully saturated rings. The van der Waals surface area contributed by atoms with Gasteiger partial charge in [0.25, 0.3) is 0 Å². The fraction of sp³-hybridized carbons (Fsp3) is 0.579. The van der Waals surface area contributed by atoms with Crippen LogP contribution in [0, 0.1) is 19.8 Å². The monoisotopic (exact) mass is 328 g/mol. The number of imidazole rings is 1. The molecule has 1 saturated heterocycles. The summed E-state index contributed by atoms with van der Waals surface area (Å²) in [6, 6.07) is 4.67. The highest BCUT2D eigenvalue weighted by Crippen LogP contribution is 2.23. The van der Waals surface area contributed by atoms with Crippen LogP contribution in [0.4, 0.5) is 4.79 Å². The number of aryl methyl sites for hydroxylation is 2. The van der Waals surface area contributed by atoms with Gasteiger partial charge in [-0.15, -0.1) is 0 Å². The Morgan fingerprint density at radius 1 is 1.25 bits per heavy atom. The predicted octanol–water partition coefficient (Wildman–Crippen LogP) is 3.48. The van der Waals surface area contributed by atoms with Gasteiger partial charge < -0.3 is 14.8 Å². The minimum absolute atomic E-state index is 0.0719. The lowest BCUT2D eigenvalue weighted by Gasteiger charge is -2.32. The Balaban J connectivity index is 1.62. The maximum Gasteiger partial charge on any atom is 0.317 e. The number of hydrogen-bond acceptors (Lipinski definition) is 2. The van der Waals surface area contributed by atoms with Crippen molar-refractivity contribution in [2.24, 2.45) is 5.92 Å². The number of nitrogens with one attached hydrogen (secondary N) is 1. The molecule has 1 aromatic carbocycles. The summed E-state index contributed by atoms with van der Waals surface area (Å²) < 4.78 is 2.27. The first-order valence-electron chi connectivity index (χ1n) is 8.91. The van der Waals surface area contributed by atoms with Crippen molar-refractivity contribution in [1.82, 2.24) is 19.8 Å². The van der Waals surface area contributed by atoms with Crippen LogP contribution >= 0.6 is 0 Å². The molecule has 1 N–H and O–H groups in total. The number of amides is 2. The van der Waals surface area contributed by atoms with Gasteiger partial charge in [0, 0.05) is 25.7 Å². The summed E-state index contributed by atoms with van der Waals surface area (Å²) >= 11 is 0. The van der Waals surface area contributed by atoms with Crippen molar-refractivity contribution in [3.05, 3.63) is 29.6 Å². The van der Waals surface area contributed by atoms with Crippen molar-refractivity contribution in [2.45, 2.75) is 53.1 Å². The summed E-state index contributed by atoms with van der Waals surface area (Å²) in [5.41, 5.74) is 4.89. The zero-order chi connectivity index (χ0) is 17.3. The number of carbonyl (C=O) groups is 1. The SMILES string of the molecule is Cc1cc2ncn(CC3CCN(C(=O)NC(C)C)CC3)c2cc1C. The second-order valence-corrected chi connectivity index (χ2v) is 7.36. The van der Waals surface area contributed by atoms with E-state index in [9.17, 15) is 4.79 Å². The largest absolute Gasteiger partial charge is 0.336 e. The smallest absolute Gasteiger partial charge is 0.317 e. The average molecular weight is 328 g/mol. The van der Waals surface area contributed by atoms with Crippen LogP contribution in [0.15, 0.2) is 18.5 Å². The zero-order valence-electron chi connectivity index (χ0n) is 15.2. The fourth-order valence-electron chi connectivity index (χ4n) is 3.39. The maximum atomic E-state index is 12.1. The van der Waals surface area contributed by atoms with Gasteiger partial charge in [0.05, 0.1) is 17.4 Å². The van der Waals surface area contributed by atoms with E-state index in [2.05, 4.69) is 40.8 Å². The third-order valence-corrected chi connectivity index (χ3v) is 5.01. The number of carbonyl (C=O) groups excluding carboxylic acids is 1. The molecule has 2 heterocycles. The highest BCUT2D eigenvalue weighted by atomic mass is 16.2. The maximum absolute atomic E-state index is 12.1. The molecule has 0 bridgehead atoms. The number of hydrogen-bond donors (Lipinski definition) is 1. The van der Waals surface area contributed by atoms with Crippen LogP contribution in [0.2, 0.25) is 0 Å². The van der Waals surface area contributed by atoms with E-state index in [0.29, 0.717) is 5.92 Å². The van der Waals surface area contributed by atoms with Crippen molar-refractivity contribution >= 4 is 17.1 Å². The van der Waals surface area contributed by atoms with Crippen molar-refractivity contribution in [3.63, 3.8) is 0 Å². The van der Waals surface area contributed by atoms with E-state index in [-0.39, 0.29) is 12.1 Å². The number of rotatable bonds is 3. The highest BCUT2D eigenvalue weighted by molar-refractivity contribution is 5.77. The molecule has 0 aliphatic carbocycles. The molecule has 1 aromatic heterocycles. The van der Waals surface area contributed by atoms with Crippen LogP contribution < -0.4 is 5.32 Å². The van der Waals surface area contributed by atoms with Gasteiger partial charge in [0.2, 0.25) is 0 Å². The lowest BCUT2D eigenvalue weighted by atomic mass is 9.97. The Labute approximate surface area is 144 Å². The molecule has 0 atom stereocenters. The molecule has 2 amide bonds. The van der Waals surface area contributed by atoms with E-state index in [1.54, 1.807) is 0 Å². The number of benzene rings is 1. The van der Waals surface area contributed by atoms with Gasteiger partial charge in [-0.25, -0.2) is 9.78 Å². The summed E-state index contributed by atoms with van der Waals surface area (Å²) in [6.07, 6.45) is 4.06. The first-order chi connectivity index (χ1) is 11.4. The van der Waals surface area contributed by atoms with E-state index >= 15 is 0 Å². The summed E-state index contributed by atoms with van der Waals surface area (Å²) in [4.78, 5) is 18.6. The molecular formula is C19H28N4O. The van der Waals surface area contributed by atoms with Crippen LogP contribution in [-0.2, 0) is 6.54 Å². The molecular weight excluding hydrogens is 300 g/mol. The van der Waals surface area contributed by atoms with Gasteiger partial charge in [-0.05, 0) is 69.7 Å². The lowest BCUT2D eigenvalue weighted by molar-refractivity contribution is 0.164. The minimum Gasteiger partial charge on any atom is -0.336 e. The van der Waals surface area contributed by atoms with E-state index < -0.39 is 0 Å². The molecule has 1 aliphatic heterocycles. The number of nitrogens with zero attached hydrogens (tertiary/aromatic N) is 3. The number of fused-ring (bicyclic) bond motifs is 1. The Hall–Kier alpha value is -2.04. The van der Waals surface area contributed by atoms with E-state index in [1.807, 2.05) is 25.1 Å². The van der Waals surface area contributed by atoms with Gasteiger partial charge in [0.15, 0.2) is 0 Å². The number of aromatic nitrogens is 2. The second kappa shape index (κ2) is 6.83. The molecule has 1 aliphatic rings. The molecule has 24 heavy (non-hydrogen) atoms. The molecule has 3 rings (SSSR count). The molecule has 0 saturated carbocycles. The Morgan fingerprint density at radius 2 is 1.92 bits per heavy atom. The molecule has 5 nitrogen and oxygen atoms in total. The molecule has 0 unspecified atom stereocenters. The van der Waals surface area contributed by atoms with Gasteiger partial charge >= 0.3 is 6.03 Å². The first-order valence-corrected chi connectivity index (χ1v) is 8.91. The highest BCUT2D eigenvalue weighted by Gasteiger charge is 2.23. The normalized spacial score (nSPS) is 16.1. The van der Waals surface area contributed by atoms with Crippen LogP contribution in [0.25, 0.3) is 11.0 Å². The standard InChI is InChI=1S/C19H28N4O/c1-13(2)21-19(24)22-7-5-16(6-8-22)11-23-12-20-17-9-14(3)15(4)10-18(17)23/h9-10,12-13,16H,5-8,11H2,1-4H3,(H,21,24). The third kappa shape index (κ3) is 3.55. The number of likely N-dealkylation sites (tertiary alicyclic amines) is 1. The van der Waals surface area contributed by atoms with E-state index in [0.717, 1.165) is 38.0 Å². The summed E-state index contributed by atoms with van der Waals surface area (Å²) in [5, 5.41) is 2.98. The molecule has 0 spiro atoms. The van der Waals surface area contributed by atoms with Gasteiger partial charge in [-0.2, -0.15) is 0 Å². The Bertz CT molecular complexity index is 726. The molecule has 5 heteroatoms. The van der Waals surface area contributed by atoms with Crippen molar-refractivity contribution in [1.29, 1.82) is 0 Å². The molecule has 2 aromatic rings. The molecule has 130 valence electrons. The van der Waals surface area contributed by atoms with Crippen molar-refractivity contribution < 1.29 is 4.79 Å². The van der Waals surface area contributed by atoms with Gasteiger partial charge in [-0.3, -0.25) is 0 Å². The number of piperidine rings is 1. The van der Waals surface area contributed by atoms with Crippen LogP contribution in [-0.4, -0.2) is 39.6 Å². The van der Waals surface area contributed by atoms with Gasteiger partial charge in [0.1, 0.15) is 0 Å². The third-order valence-electron chi connectivity index (χ3n) is 5.01. The quantitative estimate of drug-likeness (QED) is 0.938. The fourth-order valence-corrected chi connectivity index (χ4v) is 3.39. The van der Waals surface area contributed by atoms with Crippen LogP contribution in [0.5, 0.6) is 0 Å². The van der Waals surface area contributed by atoms with Crippen LogP contribution in [0.1, 0.15) is 37.8 Å². The van der Waals surface area contributed by atoms with E-state index in [1.165, 1.54) is 16.6 Å². The van der Waals surface area contributed by atoms with Crippen molar-refractivity contribution in [2.75, 3.05) is 13.1 Å². The Kier molecular flexibility index (Phi) is 4.78. The minimum atomic E-state index is 0.0719. The van der Waals surface area contributed by atoms with E-state index in [4.69, 9.17) is 0 Å². The summed E-state index contributed by atoms with van der Waals surface area (Å²) in [6.45, 7) is 10.9. The average Bonchev–Trinajstić information content (AvgIpc) is 2.90. The summed E-state index contributed by atoms with van der Waals surface area (Å²) in [5.74, 6) is 0.604. The lowest BCUT2D eigenvalue weighted by Crippen LogP contribution is -2.46. The van der Waals surface area contributed by atoms with Crippen LogP contribution in [0.3, 0.4) is 0 Å².